The van der Waals surface area contributed by atoms with E-state index in [2.05, 4.69) is 46.7 Å². The van der Waals surface area contributed by atoms with Crippen LogP contribution in [0.4, 0.5) is 0 Å². The third-order valence-electron chi connectivity index (χ3n) is 5.85. The minimum Gasteiger partial charge on any atom is -0.462 e. The van der Waals surface area contributed by atoms with Gasteiger partial charge in [0.1, 0.15) is 11.1 Å². The highest BCUT2D eigenvalue weighted by Crippen LogP contribution is 2.41. The Morgan fingerprint density at radius 1 is 0.788 bits per heavy atom. The molecule has 0 aliphatic heterocycles. The normalized spacial score (nSPS) is 11.4. The molecule has 0 amide bonds. The predicted molar refractivity (Wildman–Crippen MR) is 128 cm³/mol. The summed E-state index contributed by atoms with van der Waals surface area (Å²) < 4.78 is 7.12. The van der Waals surface area contributed by atoms with E-state index in [0.29, 0.717) is 17.7 Å². The third-order valence-corrected chi connectivity index (χ3v) is 5.85. The molecular formula is C28H23N3O2. The summed E-state index contributed by atoms with van der Waals surface area (Å²) in [6.45, 7) is 2.11. The fraction of sp³-hybridized carbons (Fsp3) is 0.107. The minimum absolute atomic E-state index is 0.322. The molecule has 0 saturated carbocycles. The number of hydrogen-bond donors (Lipinski definition) is 0. The number of esters is 1. The van der Waals surface area contributed by atoms with E-state index in [0.717, 1.165) is 22.2 Å². The first-order valence-electron chi connectivity index (χ1n) is 10.9. The first-order chi connectivity index (χ1) is 16.2. The van der Waals surface area contributed by atoms with Crippen LogP contribution in [-0.4, -0.2) is 27.6 Å². The molecule has 162 valence electrons. The number of carbonyl (C=O) groups excluding carboxylic acids is 1. The van der Waals surface area contributed by atoms with Gasteiger partial charge in [-0.25, -0.2) is 9.48 Å². The molecule has 0 bridgehead atoms. The Morgan fingerprint density at radius 3 is 1.79 bits per heavy atom. The van der Waals surface area contributed by atoms with E-state index >= 15 is 0 Å². The minimum atomic E-state index is -0.760. The van der Waals surface area contributed by atoms with E-state index in [1.807, 2.05) is 65.3 Å². The van der Waals surface area contributed by atoms with Crippen molar-refractivity contribution in [3.8, 4) is 0 Å². The van der Waals surface area contributed by atoms with Gasteiger partial charge in [0, 0.05) is 0 Å². The SMILES string of the molecule is CCOC(=O)c1ccc2c(c1)nnn2C(c1ccccc1)(c1ccccc1)c1ccccc1. The van der Waals surface area contributed by atoms with Crippen molar-refractivity contribution in [1.29, 1.82) is 0 Å². The zero-order valence-corrected chi connectivity index (χ0v) is 18.3. The molecule has 0 aliphatic carbocycles. The number of fused-ring (bicyclic) bond motifs is 1. The Balaban J connectivity index is 1.84. The summed E-state index contributed by atoms with van der Waals surface area (Å²) in [7, 11) is 0. The van der Waals surface area contributed by atoms with Crippen LogP contribution in [0.1, 0.15) is 34.0 Å². The Hall–Kier alpha value is -4.25. The predicted octanol–water partition coefficient (Wildman–Crippen LogP) is 5.45. The molecule has 0 saturated heterocycles. The summed E-state index contributed by atoms with van der Waals surface area (Å²) in [5.41, 5.74) is 4.33. The number of benzene rings is 4. The number of hydrogen-bond acceptors (Lipinski definition) is 4. The fourth-order valence-corrected chi connectivity index (χ4v) is 4.42. The van der Waals surface area contributed by atoms with Gasteiger partial charge < -0.3 is 4.74 Å². The zero-order chi connectivity index (χ0) is 22.7. The number of ether oxygens (including phenoxy) is 1. The molecule has 0 atom stereocenters. The van der Waals surface area contributed by atoms with Crippen LogP contribution in [-0.2, 0) is 10.3 Å². The lowest BCUT2D eigenvalue weighted by atomic mass is 9.77. The van der Waals surface area contributed by atoms with Gasteiger partial charge in [0.15, 0.2) is 0 Å². The molecule has 1 aromatic heterocycles. The van der Waals surface area contributed by atoms with Crippen LogP contribution in [0.15, 0.2) is 109 Å². The Morgan fingerprint density at radius 2 is 1.30 bits per heavy atom. The molecule has 4 aromatic carbocycles. The second kappa shape index (κ2) is 8.71. The summed E-state index contributed by atoms with van der Waals surface area (Å²) in [4.78, 5) is 12.3. The summed E-state index contributed by atoms with van der Waals surface area (Å²) in [6, 6.07) is 36.3. The lowest BCUT2D eigenvalue weighted by Gasteiger charge is -2.36. The van der Waals surface area contributed by atoms with Crippen LogP contribution < -0.4 is 0 Å². The molecule has 0 radical (unpaired) electrons. The molecule has 0 aliphatic rings. The van der Waals surface area contributed by atoms with Gasteiger partial charge in [0.2, 0.25) is 0 Å². The first kappa shape index (κ1) is 20.6. The zero-order valence-electron chi connectivity index (χ0n) is 18.3. The van der Waals surface area contributed by atoms with Crippen molar-refractivity contribution in [3.05, 3.63) is 131 Å². The molecule has 0 N–H and O–H groups in total. The van der Waals surface area contributed by atoms with E-state index in [9.17, 15) is 4.79 Å². The van der Waals surface area contributed by atoms with E-state index in [-0.39, 0.29) is 5.97 Å². The van der Waals surface area contributed by atoms with Crippen LogP contribution in [0.5, 0.6) is 0 Å². The van der Waals surface area contributed by atoms with Crippen molar-refractivity contribution in [1.82, 2.24) is 15.0 Å². The average molecular weight is 434 g/mol. The van der Waals surface area contributed by atoms with Gasteiger partial charge in [0.05, 0.1) is 17.7 Å². The van der Waals surface area contributed by atoms with E-state index in [4.69, 9.17) is 4.74 Å². The summed E-state index contributed by atoms with van der Waals surface area (Å²) in [6.07, 6.45) is 0. The molecule has 0 unspecified atom stereocenters. The maximum Gasteiger partial charge on any atom is 0.338 e. The molecule has 0 spiro atoms. The standard InChI is InChI=1S/C28H23N3O2/c1-2-33-27(32)21-18-19-26-25(20-21)29-30-31(26)28(22-12-6-3-7-13-22,23-14-8-4-9-15-23)24-16-10-5-11-17-24/h3-20H,2H2,1H3. The lowest BCUT2D eigenvalue weighted by molar-refractivity contribution is 0.0526. The van der Waals surface area contributed by atoms with Gasteiger partial charge in [-0.1, -0.05) is 96.2 Å². The number of carbonyl (C=O) groups is 1. The fourth-order valence-electron chi connectivity index (χ4n) is 4.42. The van der Waals surface area contributed by atoms with Crippen molar-refractivity contribution in [2.75, 3.05) is 6.61 Å². The second-order valence-electron chi connectivity index (χ2n) is 7.73. The highest BCUT2D eigenvalue weighted by molar-refractivity contribution is 5.93. The Bertz CT molecular complexity index is 1280. The van der Waals surface area contributed by atoms with Crippen molar-refractivity contribution < 1.29 is 9.53 Å². The number of rotatable bonds is 6. The number of aromatic nitrogens is 3. The van der Waals surface area contributed by atoms with E-state index in [1.54, 1.807) is 19.1 Å². The Labute approximate surface area is 192 Å². The van der Waals surface area contributed by atoms with Gasteiger partial charge in [-0.2, -0.15) is 0 Å². The lowest BCUT2D eigenvalue weighted by Crippen LogP contribution is -2.38. The van der Waals surface area contributed by atoms with Gasteiger partial charge in [-0.05, 0) is 41.8 Å². The summed E-state index contributed by atoms with van der Waals surface area (Å²) in [5, 5.41) is 9.13. The molecule has 5 rings (SSSR count). The van der Waals surface area contributed by atoms with Crippen molar-refractivity contribution in [2.24, 2.45) is 0 Å². The van der Waals surface area contributed by atoms with Crippen molar-refractivity contribution in [3.63, 3.8) is 0 Å². The van der Waals surface area contributed by atoms with E-state index in [1.165, 1.54) is 0 Å². The van der Waals surface area contributed by atoms with Gasteiger partial charge in [-0.3, -0.25) is 0 Å². The average Bonchev–Trinajstić information content (AvgIpc) is 3.30. The molecule has 1 heterocycles. The van der Waals surface area contributed by atoms with Crippen molar-refractivity contribution in [2.45, 2.75) is 12.5 Å². The quantitative estimate of drug-likeness (QED) is 0.264. The first-order valence-corrected chi connectivity index (χ1v) is 10.9. The van der Waals surface area contributed by atoms with Crippen molar-refractivity contribution >= 4 is 17.0 Å². The van der Waals surface area contributed by atoms with Crippen LogP contribution in [0.25, 0.3) is 11.0 Å². The topological polar surface area (TPSA) is 57.0 Å². The maximum absolute atomic E-state index is 12.3. The monoisotopic (exact) mass is 433 g/mol. The molecule has 5 heteroatoms. The van der Waals surface area contributed by atoms with Gasteiger partial charge in [0.25, 0.3) is 0 Å². The number of nitrogens with zero attached hydrogens (tertiary/aromatic N) is 3. The van der Waals surface area contributed by atoms with Gasteiger partial charge >= 0.3 is 5.97 Å². The smallest absolute Gasteiger partial charge is 0.338 e. The largest absolute Gasteiger partial charge is 0.462 e. The third kappa shape index (κ3) is 3.48. The second-order valence-corrected chi connectivity index (χ2v) is 7.73. The Kier molecular flexibility index (Phi) is 5.45. The van der Waals surface area contributed by atoms with E-state index < -0.39 is 5.54 Å². The van der Waals surface area contributed by atoms with Gasteiger partial charge in [-0.15, -0.1) is 5.10 Å². The van der Waals surface area contributed by atoms with Crippen LogP contribution in [0.3, 0.4) is 0 Å². The molecule has 5 aromatic rings. The van der Waals surface area contributed by atoms with Crippen LogP contribution in [0, 0.1) is 0 Å². The summed E-state index contributed by atoms with van der Waals surface area (Å²) in [5.74, 6) is -0.366. The maximum atomic E-state index is 12.3. The summed E-state index contributed by atoms with van der Waals surface area (Å²) >= 11 is 0. The molecular weight excluding hydrogens is 410 g/mol. The molecule has 5 nitrogen and oxygen atoms in total. The van der Waals surface area contributed by atoms with Crippen LogP contribution >= 0.6 is 0 Å². The highest BCUT2D eigenvalue weighted by Gasteiger charge is 2.40. The highest BCUT2D eigenvalue weighted by atomic mass is 16.5. The molecule has 33 heavy (non-hydrogen) atoms. The van der Waals surface area contributed by atoms with Crippen LogP contribution in [0.2, 0.25) is 0 Å². The molecule has 0 fully saturated rings.